The number of hydrogen-bond donors (Lipinski definition) is 2. The average Bonchev–Trinajstić information content (AvgIpc) is 2.83. The minimum atomic E-state index is -0.400. The number of nitrogens with one attached hydrogen (secondary N) is 1. The molecule has 1 atom stereocenters. The Hall–Kier alpha value is -1.10. The highest BCUT2D eigenvalue weighted by atomic mass is 16.5. The highest BCUT2D eigenvalue weighted by molar-refractivity contribution is 5.22. The second-order valence-electron chi connectivity index (χ2n) is 3.46. The Morgan fingerprint density at radius 1 is 1.69 bits per heavy atom. The number of anilines is 1. The van der Waals surface area contributed by atoms with E-state index in [1.54, 1.807) is 6.92 Å². The van der Waals surface area contributed by atoms with Crippen molar-refractivity contribution >= 4 is 5.95 Å². The smallest absolute Gasteiger partial charge is 0.263 e. The molecule has 0 radical (unpaired) electrons. The van der Waals surface area contributed by atoms with E-state index >= 15 is 0 Å². The van der Waals surface area contributed by atoms with Gasteiger partial charge in [0.1, 0.15) is 0 Å². The van der Waals surface area contributed by atoms with Crippen molar-refractivity contribution in [1.29, 1.82) is 0 Å². The lowest BCUT2D eigenvalue weighted by molar-refractivity contribution is 0.208. The molecule has 1 aromatic rings. The molecule has 1 aliphatic carbocycles. The molecule has 1 fully saturated rings. The maximum absolute atomic E-state index is 8.99. The van der Waals surface area contributed by atoms with Crippen LogP contribution in [0.5, 0.6) is 0 Å². The molecule has 0 saturated heterocycles. The van der Waals surface area contributed by atoms with E-state index in [0.717, 1.165) is 12.8 Å². The maximum Gasteiger partial charge on any atom is 0.263 e. The van der Waals surface area contributed by atoms with Crippen molar-refractivity contribution in [2.24, 2.45) is 0 Å². The minimum absolute atomic E-state index is 0.400. The van der Waals surface area contributed by atoms with Crippen LogP contribution in [0.1, 0.15) is 31.6 Å². The van der Waals surface area contributed by atoms with Crippen LogP contribution >= 0.6 is 0 Å². The summed E-state index contributed by atoms with van der Waals surface area (Å²) < 4.78 is 5.02. The number of hydrogen-bond acceptors (Lipinski definition) is 5. The van der Waals surface area contributed by atoms with Crippen molar-refractivity contribution in [2.75, 3.05) is 11.9 Å². The van der Waals surface area contributed by atoms with Crippen LogP contribution in [0.4, 0.5) is 5.95 Å². The van der Waals surface area contributed by atoms with E-state index in [0.29, 0.717) is 24.3 Å². The van der Waals surface area contributed by atoms with Crippen LogP contribution in [0.25, 0.3) is 0 Å². The van der Waals surface area contributed by atoms with E-state index in [9.17, 15) is 0 Å². The predicted octanol–water partition coefficient (Wildman–Crippen LogP) is 0.740. The number of aromatic nitrogens is 2. The van der Waals surface area contributed by atoms with Crippen LogP contribution in [0, 0.1) is 0 Å². The lowest BCUT2D eigenvalue weighted by Gasteiger charge is -2.01. The maximum atomic E-state index is 8.99. The van der Waals surface area contributed by atoms with Crippen LogP contribution in [-0.4, -0.2) is 27.9 Å². The van der Waals surface area contributed by atoms with E-state index in [-0.39, 0.29) is 0 Å². The van der Waals surface area contributed by atoms with Crippen molar-refractivity contribution in [1.82, 2.24) is 10.1 Å². The standard InChI is InChI=1S/C8H13N3O2/c1-5(12)4-9-8-10-7(13-11-8)6-2-3-6/h5-6,12H,2-4H2,1H3,(H,9,11)/t5-/m1/s1. The second kappa shape index (κ2) is 3.33. The normalized spacial score (nSPS) is 18.6. The summed E-state index contributed by atoms with van der Waals surface area (Å²) in [5.74, 6) is 1.67. The summed E-state index contributed by atoms with van der Waals surface area (Å²) in [7, 11) is 0. The fourth-order valence-electron chi connectivity index (χ4n) is 1.04. The molecule has 0 unspecified atom stereocenters. The third-order valence-electron chi connectivity index (χ3n) is 1.92. The zero-order chi connectivity index (χ0) is 9.26. The number of rotatable bonds is 4. The topological polar surface area (TPSA) is 71.2 Å². The molecule has 0 spiro atoms. The van der Waals surface area contributed by atoms with Gasteiger partial charge in [-0.15, -0.1) is 0 Å². The van der Waals surface area contributed by atoms with Crippen LogP contribution in [0.2, 0.25) is 0 Å². The van der Waals surface area contributed by atoms with Crippen LogP contribution in [0.3, 0.4) is 0 Å². The number of aliphatic hydroxyl groups is 1. The largest absolute Gasteiger partial charge is 0.392 e. The molecule has 1 heterocycles. The zero-order valence-corrected chi connectivity index (χ0v) is 7.53. The molecule has 0 aromatic carbocycles. The van der Waals surface area contributed by atoms with Gasteiger partial charge in [0.25, 0.3) is 5.95 Å². The summed E-state index contributed by atoms with van der Waals surface area (Å²) in [4.78, 5) is 4.14. The highest BCUT2D eigenvalue weighted by Gasteiger charge is 2.29. The number of nitrogens with zero attached hydrogens (tertiary/aromatic N) is 2. The number of aliphatic hydroxyl groups excluding tert-OH is 1. The van der Waals surface area contributed by atoms with Crippen LogP contribution in [0.15, 0.2) is 4.52 Å². The lowest BCUT2D eigenvalue weighted by Crippen LogP contribution is -2.15. The first kappa shape index (κ1) is 8.50. The van der Waals surface area contributed by atoms with Crippen molar-refractivity contribution in [2.45, 2.75) is 31.8 Å². The van der Waals surface area contributed by atoms with Crippen LogP contribution in [-0.2, 0) is 0 Å². The Bertz CT molecular complexity index is 281. The third kappa shape index (κ3) is 2.18. The van der Waals surface area contributed by atoms with Crippen molar-refractivity contribution in [3.8, 4) is 0 Å². The molecule has 1 aromatic heterocycles. The van der Waals surface area contributed by atoms with Gasteiger partial charge in [0.05, 0.1) is 6.10 Å². The molecular formula is C8H13N3O2. The SMILES string of the molecule is C[C@@H](O)CNc1noc(C2CC2)n1. The highest BCUT2D eigenvalue weighted by Crippen LogP contribution is 2.39. The lowest BCUT2D eigenvalue weighted by atomic mass is 10.4. The molecule has 0 amide bonds. The van der Waals surface area contributed by atoms with Gasteiger partial charge in [-0.1, -0.05) is 0 Å². The Balaban J connectivity index is 1.89. The Morgan fingerprint density at radius 3 is 3.08 bits per heavy atom. The van der Waals surface area contributed by atoms with Gasteiger partial charge in [0, 0.05) is 12.5 Å². The molecule has 5 heteroatoms. The van der Waals surface area contributed by atoms with Gasteiger partial charge in [0.2, 0.25) is 5.89 Å². The van der Waals surface area contributed by atoms with E-state index < -0.39 is 6.10 Å². The van der Waals surface area contributed by atoms with Gasteiger partial charge in [-0.2, -0.15) is 4.98 Å². The summed E-state index contributed by atoms with van der Waals surface area (Å²) in [5, 5.41) is 15.6. The molecule has 2 N–H and O–H groups in total. The van der Waals surface area contributed by atoms with E-state index in [1.165, 1.54) is 0 Å². The average molecular weight is 183 g/mol. The monoisotopic (exact) mass is 183 g/mol. The van der Waals surface area contributed by atoms with Crippen molar-refractivity contribution in [3.63, 3.8) is 0 Å². The predicted molar refractivity (Wildman–Crippen MR) is 46.4 cm³/mol. The molecule has 13 heavy (non-hydrogen) atoms. The quantitative estimate of drug-likeness (QED) is 0.720. The first-order chi connectivity index (χ1) is 6.25. The minimum Gasteiger partial charge on any atom is -0.392 e. The molecule has 0 aliphatic heterocycles. The third-order valence-corrected chi connectivity index (χ3v) is 1.92. The van der Waals surface area contributed by atoms with E-state index in [4.69, 9.17) is 9.63 Å². The summed E-state index contributed by atoms with van der Waals surface area (Å²) in [5.41, 5.74) is 0. The summed E-state index contributed by atoms with van der Waals surface area (Å²) in [6, 6.07) is 0. The van der Waals surface area contributed by atoms with Crippen LogP contribution < -0.4 is 5.32 Å². The van der Waals surface area contributed by atoms with Gasteiger partial charge in [-0.3, -0.25) is 0 Å². The van der Waals surface area contributed by atoms with Crippen molar-refractivity contribution < 1.29 is 9.63 Å². The molecule has 1 saturated carbocycles. The molecule has 2 rings (SSSR count). The molecule has 0 bridgehead atoms. The fourth-order valence-corrected chi connectivity index (χ4v) is 1.04. The Labute approximate surface area is 76.1 Å². The van der Waals surface area contributed by atoms with Gasteiger partial charge < -0.3 is 14.9 Å². The van der Waals surface area contributed by atoms with Gasteiger partial charge in [-0.05, 0) is 24.9 Å². The van der Waals surface area contributed by atoms with Gasteiger partial charge in [-0.25, -0.2) is 0 Å². The molecule has 72 valence electrons. The Kier molecular flexibility index (Phi) is 2.18. The van der Waals surface area contributed by atoms with E-state index in [1.807, 2.05) is 0 Å². The molecule has 5 nitrogen and oxygen atoms in total. The van der Waals surface area contributed by atoms with Gasteiger partial charge >= 0.3 is 0 Å². The molecule has 1 aliphatic rings. The fraction of sp³-hybridized carbons (Fsp3) is 0.750. The summed E-state index contributed by atoms with van der Waals surface area (Å²) in [6.45, 7) is 2.15. The summed E-state index contributed by atoms with van der Waals surface area (Å²) >= 11 is 0. The van der Waals surface area contributed by atoms with E-state index in [2.05, 4.69) is 15.5 Å². The zero-order valence-electron chi connectivity index (χ0n) is 7.53. The molecular weight excluding hydrogens is 170 g/mol. The van der Waals surface area contributed by atoms with Gasteiger partial charge in [0.15, 0.2) is 0 Å². The summed E-state index contributed by atoms with van der Waals surface area (Å²) in [6.07, 6.45) is 1.90. The first-order valence-corrected chi connectivity index (χ1v) is 4.51. The van der Waals surface area contributed by atoms with Crippen molar-refractivity contribution in [3.05, 3.63) is 5.89 Å². The first-order valence-electron chi connectivity index (χ1n) is 4.51. The Morgan fingerprint density at radius 2 is 2.46 bits per heavy atom. The second-order valence-corrected chi connectivity index (χ2v) is 3.46.